The van der Waals surface area contributed by atoms with Gasteiger partial charge in [0.2, 0.25) is 0 Å². The van der Waals surface area contributed by atoms with Gasteiger partial charge in [-0.25, -0.2) is 9.97 Å². The first-order valence-electron chi connectivity index (χ1n) is 7.66. The number of ether oxygens (including phenoxy) is 1. The van der Waals surface area contributed by atoms with Gasteiger partial charge in [0, 0.05) is 39.2 Å². The molecule has 0 radical (unpaired) electrons. The molecule has 0 amide bonds. The van der Waals surface area contributed by atoms with Gasteiger partial charge >= 0.3 is 0 Å². The summed E-state index contributed by atoms with van der Waals surface area (Å²) in [6.45, 7) is 7.16. The summed E-state index contributed by atoms with van der Waals surface area (Å²) in [4.78, 5) is 11.5. The molecule has 0 aliphatic carbocycles. The Balaban J connectivity index is 2.16. The van der Waals surface area contributed by atoms with E-state index in [0.29, 0.717) is 6.10 Å². The summed E-state index contributed by atoms with van der Waals surface area (Å²) in [5, 5.41) is 3.36. The fourth-order valence-corrected chi connectivity index (χ4v) is 2.49. The maximum Gasteiger partial charge on any atom is 0.134 e. The molecule has 1 N–H and O–H groups in total. The number of aryl methyl sites for hydroxylation is 1. The third kappa shape index (κ3) is 3.82. The van der Waals surface area contributed by atoms with Crippen LogP contribution in [-0.4, -0.2) is 42.8 Å². The van der Waals surface area contributed by atoms with E-state index in [2.05, 4.69) is 40.1 Å². The van der Waals surface area contributed by atoms with Gasteiger partial charge in [-0.05, 0) is 19.3 Å². The third-order valence-electron chi connectivity index (χ3n) is 3.67. The zero-order valence-corrected chi connectivity index (χ0v) is 12.9. The molecule has 1 fully saturated rings. The fraction of sp³-hybridized carbons (Fsp3) is 0.733. The first kappa shape index (κ1) is 15.0. The number of hydrogen-bond acceptors (Lipinski definition) is 5. The van der Waals surface area contributed by atoms with Gasteiger partial charge in [0.25, 0.3) is 0 Å². The second-order valence-electron chi connectivity index (χ2n) is 5.25. The molecule has 0 aromatic carbocycles. The second-order valence-corrected chi connectivity index (χ2v) is 5.25. The molecule has 5 nitrogen and oxygen atoms in total. The van der Waals surface area contributed by atoms with Crippen LogP contribution in [0.1, 0.15) is 38.9 Å². The van der Waals surface area contributed by atoms with E-state index in [9.17, 15) is 0 Å². The number of rotatable bonds is 6. The maximum absolute atomic E-state index is 5.49. The molecule has 112 valence electrons. The smallest absolute Gasteiger partial charge is 0.134 e. The van der Waals surface area contributed by atoms with Crippen molar-refractivity contribution in [2.24, 2.45) is 0 Å². The Hall–Kier alpha value is -1.36. The summed E-state index contributed by atoms with van der Waals surface area (Å²) in [5.74, 6) is 2.87. The number of piperidine rings is 1. The van der Waals surface area contributed by atoms with Crippen molar-refractivity contribution in [3.63, 3.8) is 0 Å². The van der Waals surface area contributed by atoms with Crippen molar-refractivity contribution < 1.29 is 4.74 Å². The van der Waals surface area contributed by atoms with E-state index in [1.54, 1.807) is 7.11 Å². The molecule has 1 aromatic rings. The Morgan fingerprint density at radius 3 is 2.95 bits per heavy atom. The molecule has 20 heavy (non-hydrogen) atoms. The molecule has 1 aliphatic heterocycles. The van der Waals surface area contributed by atoms with E-state index in [1.165, 1.54) is 0 Å². The van der Waals surface area contributed by atoms with E-state index in [1.807, 2.05) is 0 Å². The standard InChI is InChI=1S/C15H26N4O/c1-4-8-16-14-10-15(18-13(5-2)17-14)19-9-6-7-12(11-19)20-3/h10,12H,4-9,11H2,1-3H3,(H,16,17,18). The monoisotopic (exact) mass is 278 g/mol. The van der Waals surface area contributed by atoms with Crippen LogP contribution in [0.4, 0.5) is 11.6 Å². The third-order valence-corrected chi connectivity index (χ3v) is 3.67. The van der Waals surface area contributed by atoms with Gasteiger partial charge in [-0.2, -0.15) is 0 Å². The van der Waals surface area contributed by atoms with Crippen molar-refractivity contribution in [1.29, 1.82) is 0 Å². The van der Waals surface area contributed by atoms with Gasteiger partial charge in [0.05, 0.1) is 6.10 Å². The summed E-state index contributed by atoms with van der Waals surface area (Å²) >= 11 is 0. The zero-order valence-electron chi connectivity index (χ0n) is 12.9. The molecule has 0 bridgehead atoms. The van der Waals surface area contributed by atoms with E-state index < -0.39 is 0 Å². The van der Waals surface area contributed by atoms with Gasteiger partial charge in [0.1, 0.15) is 17.5 Å². The molecular weight excluding hydrogens is 252 g/mol. The normalized spacial score (nSPS) is 19.1. The fourth-order valence-electron chi connectivity index (χ4n) is 2.49. The van der Waals surface area contributed by atoms with Gasteiger partial charge in [-0.3, -0.25) is 0 Å². The first-order valence-corrected chi connectivity index (χ1v) is 7.66. The first-order chi connectivity index (χ1) is 9.76. The van der Waals surface area contributed by atoms with Crippen molar-refractivity contribution >= 4 is 11.6 Å². The summed E-state index contributed by atoms with van der Waals surface area (Å²) in [6.07, 6.45) is 4.56. The van der Waals surface area contributed by atoms with Crippen LogP contribution in [0.2, 0.25) is 0 Å². The number of nitrogens with one attached hydrogen (secondary N) is 1. The number of anilines is 2. The number of hydrogen-bond donors (Lipinski definition) is 1. The Bertz CT molecular complexity index is 424. The predicted molar refractivity (Wildman–Crippen MR) is 82.4 cm³/mol. The van der Waals surface area contributed by atoms with Gasteiger partial charge in [0.15, 0.2) is 0 Å². The minimum absolute atomic E-state index is 0.316. The zero-order chi connectivity index (χ0) is 14.4. The van der Waals surface area contributed by atoms with Crippen molar-refractivity contribution in [2.75, 3.05) is 37.0 Å². The maximum atomic E-state index is 5.49. The molecule has 2 heterocycles. The second kappa shape index (κ2) is 7.43. The number of nitrogens with zero attached hydrogens (tertiary/aromatic N) is 3. The minimum Gasteiger partial charge on any atom is -0.380 e. The van der Waals surface area contributed by atoms with Crippen LogP contribution in [0.3, 0.4) is 0 Å². The summed E-state index contributed by atoms with van der Waals surface area (Å²) < 4.78 is 5.49. The molecule has 1 saturated heterocycles. The SMILES string of the molecule is CCCNc1cc(N2CCCC(OC)C2)nc(CC)n1. The Morgan fingerprint density at radius 2 is 2.25 bits per heavy atom. The van der Waals surface area contributed by atoms with Crippen LogP contribution >= 0.6 is 0 Å². The molecule has 1 aromatic heterocycles. The van der Waals surface area contributed by atoms with Crippen LogP contribution in [0.25, 0.3) is 0 Å². The molecule has 0 spiro atoms. The Morgan fingerprint density at radius 1 is 1.40 bits per heavy atom. The van der Waals surface area contributed by atoms with E-state index in [0.717, 1.165) is 62.8 Å². The van der Waals surface area contributed by atoms with Crippen molar-refractivity contribution in [3.8, 4) is 0 Å². The van der Waals surface area contributed by atoms with Crippen LogP contribution in [0.5, 0.6) is 0 Å². The topological polar surface area (TPSA) is 50.3 Å². The molecule has 1 atom stereocenters. The van der Waals surface area contributed by atoms with E-state index >= 15 is 0 Å². The highest BCUT2D eigenvalue weighted by molar-refractivity contribution is 5.50. The molecule has 1 aliphatic rings. The number of aromatic nitrogens is 2. The van der Waals surface area contributed by atoms with E-state index in [4.69, 9.17) is 4.74 Å². The summed E-state index contributed by atoms with van der Waals surface area (Å²) in [7, 11) is 1.79. The molecule has 0 saturated carbocycles. The molecule has 5 heteroatoms. The van der Waals surface area contributed by atoms with Gasteiger partial charge in [-0.1, -0.05) is 13.8 Å². The van der Waals surface area contributed by atoms with Crippen LogP contribution in [-0.2, 0) is 11.2 Å². The lowest BCUT2D eigenvalue weighted by Gasteiger charge is -2.33. The lowest BCUT2D eigenvalue weighted by atomic mass is 10.1. The Labute approximate surface area is 121 Å². The lowest BCUT2D eigenvalue weighted by molar-refractivity contribution is 0.0891. The average Bonchev–Trinajstić information content (AvgIpc) is 2.52. The van der Waals surface area contributed by atoms with E-state index in [-0.39, 0.29) is 0 Å². The highest BCUT2D eigenvalue weighted by atomic mass is 16.5. The largest absolute Gasteiger partial charge is 0.380 e. The molecule has 2 rings (SSSR count). The average molecular weight is 278 g/mol. The summed E-state index contributed by atoms with van der Waals surface area (Å²) in [6, 6.07) is 2.06. The lowest BCUT2D eigenvalue weighted by Crippen LogP contribution is -2.39. The van der Waals surface area contributed by atoms with Crippen molar-refractivity contribution in [1.82, 2.24) is 9.97 Å². The highest BCUT2D eigenvalue weighted by Crippen LogP contribution is 2.22. The Kier molecular flexibility index (Phi) is 5.59. The highest BCUT2D eigenvalue weighted by Gasteiger charge is 2.21. The predicted octanol–water partition coefficient (Wildman–Crippen LogP) is 2.48. The van der Waals surface area contributed by atoms with Crippen LogP contribution in [0, 0.1) is 0 Å². The van der Waals surface area contributed by atoms with Gasteiger partial charge in [-0.15, -0.1) is 0 Å². The number of methoxy groups -OCH3 is 1. The van der Waals surface area contributed by atoms with Crippen LogP contribution in [0.15, 0.2) is 6.07 Å². The molecular formula is C15H26N4O. The quantitative estimate of drug-likeness (QED) is 0.866. The van der Waals surface area contributed by atoms with Crippen LogP contribution < -0.4 is 10.2 Å². The van der Waals surface area contributed by atoms with Crippen molar-refractivity contribution in [3.05, 3.63) is 11.9 Å². The summed E-state index contributed by atoms with van der Waals surface area (Å²) in [5.41, 5.74) is 0. The molecule has 1 unspecified atom stereocenters. The minimum atomic E-state index is 0.316. The van der Waals surface area contributed by atoms with Crippen molar-refractivity contribution in [2.45, 2.75) is 45.6 Å². The van der Waals surface area contributed by atoms with Gasteiger partial charge < -0.3 is 15.0 Å².